The Labute approximate surface area is 171 Å². The minimum atomic E-state index is -0.0281. The molecule has 1 aliphatic rings. The molecular formula is C22H26ClN3O2. The highest BCUT2D eigenvalue weighted by Gasteiger charge is 2.23. The fraction of sp³-hybridized carbons (Fsp3) is 0.364. The lowest BCUT2D eigenvalue weighted by atomic mass is 10.1. The molecule has 1 N–H and O–H groups in total. The van der Waals surface area contributed by atoms with E-state index in [-0.39, 0.29) is 17.9 Å². The summed E-state index contributed by atoms with van der Waals surface area (Å²) in [7, 11) is 0. The first-order chi connectivity index (χ1) is 13.5. The molecule has 2 aromatic rings. The maximum absolute atomic E-state index is 12.6. The lowest BCUT2D eigenvalue weighted by Crippen LogP contribution is -2.49. The largest absolute Gasteiger partial charge is 0.350 e. The summed E-state index contributed by atoms with van der Waals surface area (Å²) in [6.07, 6.45) is 0.454. The fourth-order valence-corrected chi connectivity index (χ4v) is 3.59. The second-order valence-corrected chi connectivity index (χ2v) is 7.47. The first-order valence-corrected chi connectivity index (χ1v) is 10.0. The van der Waals surface area contributed by atoms with Gasteiger partial charge in [-0.2, -0.15) is 0 Å². The van der Waals surface area contributed by atoms with Gasteiger partial charge in [-0.15, -0.1) is 0 Å². The van der Waals surface area contributed by atoms with Crippen molar-refractivity contribution in [3.8, 4) is 0 Å². The van der Waals surface area contributed by atoms with E-state index in [0.29, 0.717) is 36.6 Å². The van der Waals surface area contributed by atoms with Gasteiger partial charge in [0, 0.05) is 39.1 Å². The normalized spacial score (nSPS) is 15.9. The van der Waals surface area contributed by atoms with Crippen LogP contribution in [0, 0.1) is 0 Å². The van der Waals surface area contributed by atoms with Crippen LogP contribution in [0.1, 0.15) is 35.3 Å². The van der Waals surface area contributed by atoms with E-state index in [9.17, 15) is 9.59 Å². The molecule has 1 aliphatic heterocycles. The number of rotatable bonds is 6. The average Bonchev–Trinajstić information content (AvgIpc) is 2.73. The molecule has 0 aliphatic carbocycles. The Balaban J connectivity index is 1.41. The molecule has 2 amide bonds. The maximum atomic E-state index is 12.6. The van der Waals surface area contributed by atoms with E-state index in [0.717, 1.165) is 18.7 Å². The minimum absolute atomic E-state index is 0.00112. The molecule has 0 aromatic heterocycles. The Kier molecular flexibility index (Phi) is 7.06. The van der Waals surface area contributed by atoms with Crippen molar-refractivity contribution in [3.63, 3.8) is 0 Å². The van der Waals surface area contributed by atoms with Crippen LogP contribution in [0.3, 0.4) is 0 Å². The van der Waals surface area contributed by atoms with Gasteiger partial charge < -0.3 is 10.2 Å². The van der Waals surface area contributed by atoms with Crippen molar-refractivity contribution in [3.05, 3.63) is 70.7 Å². The Bertz CT molecular complexity index is 804. The van der Waals surface area contributed by atoms with Gasteiger partial charge >= 0.3 is 0 Å². The van der Waals surface area contributed by atoms with Gasteiger partial charge in [-0.1, -0.05) is 54.1 Å². The van der Waals surface area contributed by atoms with E-state index in [2.05, 4.69) is 10.2 Å². The van der Waals surface area contributed by atoms with Crippen LogP contribution in [-0.2, 0) is 4.79 Å². The van der Waals surface area contributed by atoms with Crippen LogP contribution in [0.4, 0.5) is 0 Å². The highest BCUT2D eigenvalue weighted by molar-refractivity contribution is 6.33. The molecule has 1 saturated heterocycles. The molecule has 1 atom stereocenters. The summed E-state index contributed by atoms with van der Waals surface area (Å²) < 4.78 is 0. The fourth-order valence-electron chi connectivity index (χ4n) is 3.38. The van der Waals surface area contributed by atoms with Crippen molar-refractivity contribution in [1.82, 2.24) is 15.1 Å². The van der Waals surface area contributed by atoms with E-state index >= 15 is 0 Å². The van der Waals surface area contributed by atoms with Gasteiger partial charge in [0.15, 0.2) is 0 Å². The summed E-state index contributed by atoms with van der Waals surface area (Å²) in [5.74, 6) is 0.0191. The van der Waals surface area contributed by atoms with Gasteiger partial charge in [-0.25, -0.2) is 0 Å². The molecule has 3 rings (SSSR count). The van der Waals surface area contributed by atoms with Gasteiger partial charge in [0.2, 0.25) is 5.91 Å². The SMILES string of the molecule is C[C@H](NC(=O)CCN1CCN(C(=O)c2ccccc2Cl)CC1)c1ccccc1. The standard InChI is InChI=1S/C22H26ClN3O2/c1-17(18-7-3-2-4-8-18)24-21(27)11-12-25-13-15-26(16-14-25)22(28)19-9-5-6-10-20(19)23/h2-10,17H,11-16H2,1H3,(H,24,27)/t17-/m0/s1. The first kappa shape index (κ1) is 20.4. The predicted octanol–water partition coefficient (Wildman–Crippen LogP) is 3.37. The van der Waals surface area contributed by atoms with E-state index in [1.807, 2.05) is 54.3 Å². The minimum Gasteiger partial charge on any atom is -0.350 e. The molecule has 0 bridgehead atoms. The van der Waals surface area contributed by atoms with Gasteiger partial charge in [-0.3, -0.25) is 14.5 Å². The second-order valence-electron chi connectivity index (χ2n) is 7.06. The Morgan fingerprint density at radius 2 is 1.64 bits per heavy atom. The van der Waals surface area contributed by atoms with E-state index < -0.39 is 0 Å². The third-order valence-electron chi connectivity index (χ3n) is 5.10. The number of carbonyl (C=O) groups excluding carboxylic acids is 2. The molecule has 28 heavy (non-hydrogen) atoms. The number of carbonyl (C=O) groups is 2. The summed E-state index contributed by atoms with van der Waals surface area (Å²) in [4.78, 5) is 28.9. The molecule has 148 valence electrons. The molecular weight excluding hydrogens is 374 g/mol. The van der Waals surface area contributed by atoms with Gasteiger partial charge in [0.1, 0.15) is 0 Å². The van der Waals surface area contributed by atoms with Crippen LogP contribution in [0.15, 0.2) is 54.6 Å². The lowest BCUT2D eigenvalue weighted by molar-refractivity contribution is -0.122. The van der Waals surface area contributed by atoms with Crippen LogP contribution in [0.2, 0.25) is 5.02 Å². The van der Waals surface area contributed by atoms with Crippen LogP contribution in [0.5, 0.6) is 0 Å². The molecule has 6 heteroatoms. The third-order valence-corrected chi connectivity index (χ3v) is 5.43. The molecule has 1 heterocycles. The molecule has 0 saturated carbocycles. The number of hydrogen-bond acceptors (Lipinski definition) is 3. The average molecular weight is 400 g/mol. The molecule has 0 unspecified atom stereocenters. The highest BCUT2D eigenvalue weighted by Crippen LogP contribution is 2.18. The summed E-state index contributed by atoms with van der Waals surface area (Å²) in [6.45, 7) is 5.50. The lowest BCUT2D eigenvalue weighted by Gasteiger charge is -2.34. The van der Waals surface area contributed by atoms with Crippen molar-refractivity contribution in [2.24, 2.45) is 0 Å². The predicted molar refractivity (Wildman–Crippen MR) is 111 cm³/mol. The van der Waals surface area contributed by atoms with Crippen molar-refractivity contribution < 1.29 is 9.59 Å². The van der Waals surface area contributed by atoms with Crippen molar-refractivity contribution >= 4 is 23.4 Å². The Morgan fingerprint density at radius 1 is 1.00 bits per heavy atom. The summed E-state index contributed by atoms with van der Waals surface area (Å²) >= 11 is 6.13. The number of piperazine rings is 1. The highest BCUT2D eigenvalue weighted by atomic mass is 35.5. The topological polar surface area (TPSA) is 52.7 Å². The smallest absolute Gasteiger partial charge is 0.255 e. The molecule has 1 fully saturated rings. The van der Waals surface area contributed by atoms with Crippen molar-refractivity contribution in [1.29, 1.82) is 0 Å². The third kappa shape index (κ3) is 5.33. The van der Waals surface area contributed by atoms with Crippen molar-refractivity contribution in [2.75, 3.05) is 32.7 Å². The van der Waals surface area contributed by atoms with Crippen LogP contribution in [0.25, 0.3) is 0 Å². The molecule has 5 nitrogen and oxygen atoms in total. The maximum Gasteiger partial charge on any atom is 0.255 e. The Morgan fingerprint density at radius 3 is 2.32 bits per heavy atom. The van der Waals surface area contributed by atoms with Gasteiger partial charge in [-0.05, 0) is 24.6 Å². The number of halogens is 1. The molecule has 0 radical (unpaired) electrons. The summed E-state index contributed by atoms with van der Waals surface area (Å²) in [5, 5.41) is 3.53. The van der Waals surface area contributed by atoms with Crippen LogP contribution in [-0.4, -0.2) is 54.3 Å². The van der Waals surface area contributed by atoms with E-state index in [4.69, 9.17) is 11.6 Å². The van der Waals surface area contributed by atoms with Crippen molar-refractivity contribution in [2.45, 2.75) is 19.4 Å². The number of amides is 2. The quantitative estimate of drug-likeness (QED) is 0.810. The zero-order valence-corrected chi connectivity index (χ0v) is 16.9. The number of nitrogens with one attached hydrogen (secondary N) is 1. The number of hydrogen-bond donors (Lipinski definition) is 1. The monoisotopic (exact) mass is 399 g/mol. The zero-order valence-electron chi connectivity index (χ0n) is 16.1. The van der Waals surface area contributed by atoms with E-state index in [1.165, 1.54) is 0 Å². The molecule has 2 aromatic carbocycles. The van der Waals surface area contributed by atoms with E-state index in [1.54, 1.807) is 12.1 Å². The van der Waals surface area contributed by atoms with Crippen LogP contribution < -0.4 is 5.32 Å². The summed E-state index contributed by atoms with van der Waals surface area (Å²) in [5.41, 5.74) is 1.65. The van der Waals surface area contributed by atoms with Crippen LogP contribution >= 0.6 is 11.6 Å². The second kappa shape index (κ2) is 9.71. The first-order valence-electron chi connectivity index (χ1n) is 9.65. The van der Waals surface area contributed by atoms with Gasteiger partial charge in [0.05, 0.1) is 16.6 Å². The van der Waals surface area contributed by atoms with Gasteiger partial charge in [0.25, 0.3) is 5.91 Å². The summed E-state index contributed by atoms with van der Waals surface area (Å²) in [6, 6.07) is 17.1. The number of benzene rings is 2. The zero-order chi connectivity index (χ0) is 19.9. The number of nitrogens with zero attached hydrogens (tertiary/aromatic N) is 2. The Hall–Kier alpha value is -2.37. The molecule has 0 spiro atoms.